The van der Waals surface area contributed by atoms with Gasteiger partial charge in [0.25, 0.3) is 0 Å². The van der Waals surface area contributed by atoms with Crippen molar-refractivity contribution in [3.63, 3.8) is 0 Å². The normalized spacial score (nSPS) is 21.5. The Bertz CT molecular complexity index is 1580. The number of rotatable bonds is 6. The first kappa shape index (κ1) is 25.2. The average molecular weight is 533 g/mol. The molecule has 11 heteroatoms. The highest BCUT2D eigenvalue weighted by molar-refractivity contribution is 5.79. The van der Waals surface area contributed by atoms with Crippen LogP contribution in [0.15, 0.2) is 47.3 Å². The van der Waals surface area contributed by atoms with Gasteiger partial charge in [-0.3, -0.25) is 9.78 Å². The van der Waals surface area contributed by atoms with Crippen LogP contribution in [0.3, 0.4) is 0 Å². The summed E-state index contributed by atoms with van der Waals surface area (Å²) in [5.74, 6) is -1.55. The van der Waals surface area contributed by atoms with E-state index in [1.807, 2.05) is 0 Å². The van der Waals surface area contributed by atoms with Gasteiger partial charge in [-0.1, -0.05) is 19.9 Å². The van der Waals surface area contributed by atoms with Crippen LogP contribution in [-0.2, 0) is 16.8 Å². The quantitative estimate of drug-likeness (QED) is 0.381. The summed E-state index contributed by atoms with van der Waals surface area (Å²) >= 11 is 0. The van der Waals surface area contributed by atoms with Gasteiger partial charge in [0.2, 0.25) is 11.8 Å². The van der Waals surface area contributed by atoms with E-state index >= 15 is 0 Å². The van der Waals surface area contributed by atoms with E-state index in [-0.39, 0.29) is 35.0 Å². The molecule has 2 aliphatic rings. The number of amides is 1. The highest BCUT2D eigenvalue weighted by Crippen LogP contribution is 2.69. The molecule has 1 unspecified atom stereocenters. The second-order valence-corrected chi connectivity index (χ2v) is 10.7. The zero-order chi connectivity index (χ0) is 27.5. The molecule has 0 saturated heterocycles. The first-order valence-electron chi connectivity index (χ1n) is 12.7. The molecule has 39 heavy (non-hydrogen) atoms. The highest BCUT2D eigenvalue weighted by atomic mass is 19.1. The fourth-order valence-electron chi connectivity index (χ4n) is 6.26. The molecule has 2 aliphatic carbocycles. The van der Waals surface area contributed by atoms with Crippen molar-refractivity contribution in [1.82, 2.24) is 30.5 Å². The van der Waals surface area contributed by atoms with Crippen molar-refractivity contribution in [2.24, 2.45) is 5.41 Å². The van der Waals surface area contributed by atoms with E-state index in [1.165, 1.54) is 31.4 Å². The Morgan fingerprint density at radius 2 is 1.95 bits per heavy atom. The second-order valence-electron chi connectivity index (χ2n) is 10.7. The number of halogens is 2. The standard InChI is InChI=1S/C28H26F2N6O3/c1-14(37)25(38)32-10-15-13-39-26(33-15)21-11-31-12-22(34-21)28-8-7-17(27(28,2)3)16-9-20(35-36-24(16)28)23-18(29)5-4-6-19(23)30/h4-6,9,11-14,17,37H,7-8,10H2,1-3H3,(H,32,38)/t14?,17-,28-/m0/s1. The van der Waals surface area contributed by atoms with E-state index in [0.717, 1.165) is 24.1 Å². The van der Waals surface area contributed by atoms with Crippen LogP contribution in [0.4, 0.5) is 8.78 Å². The minimum atomic E-state index is -1.13. The number of carbonyl (C=O) groups excluding carboxylic acids is 1. The molecule has 1 aromatic carbocycles. The summed E-state index contributed by atoms with van der Waals surface area (Å²) in [7, 11) is 0. The van der Waals surface area contributed by atoms with E-state index < -0.39 is 29.1 Å². The number of aliphatic hydroxyl groups excluding tert-OH is 1. The van der Waals surface area contributed by atoms with Gasteiger partial charge in [0.15, 0.2) is 0 Å². The molecule has 0 aliphatic heterocycles. The first-order chi connectivity index (χ1) is 18.6. The van der Waals surface area contributed by atoms with Crippen LogP contribution in [-0.4, -0.2) is 42.3 Å². The highest BCUT2D eigenvalue weighted by Gasteiger charge is 2.65. The predicted octanol–water partition coefficient (Wildman–Crippen LogP) is 4.07. The third-order valence-electron chi connectivity index (χ3n) is 8.27. The summed E-state index contributed by atoms with van der Waals surface area (Å²) in [6.07, 6.45) is 5.16. The molecule has 6 rings (SSSR count). The smallest absolute Gasteiger partial charge is 0.248 e. The van der Waals surface area contributed by atoms with E-state index in [1.54, 1.807) is 18.5 Å². The number of hydrogen-bond donors (Lipinski definition) is 2. The van der Waals surface area contributed by atoms with Gasteiger partial charge in [-0.2, -0.15) is 5.10 Å². The Morgan fingerprint density at radius 1 is 1.18 bits per heavy atom. The third kappa shape index (κ3) is 3.75. The number of aromatic nitrogens is 5. The minimum Gasteiger partial charge on any atom is -0.443 e. The molecule has 1 amide bonds. The van der Waals surface area contributed by atoms with Crippen LogP contribution >= 0.6 is 0 Å². The van der Waals surface area contributed by atoms with Crippen LogP contribution in [0.5, 0.6) is 0 Å². The van der Waals surface area contributed by atoms with Crippen LogP contribution in [0.1, 0.15) is 62.2 Å². The SMILES string of the molecule is CC(O)C(=O)NCc1coc(-c2cncc([C@@]34CC[C@@H](c5cc(-c6c(F)cccc6F)nnc53)C4(C)C)n2)n1. The van der Waals surface area contributed by atoms with E-state index in [9.17, 15) is 18.7 Å². The van der Waals surface area contributed by atoms with Gasteiger partial charge in [-0.15, -0.1) is 5.10 Å². The summed E-state index contributed by atoms with van der Waals surface area (Å²) in [6.45, 7) is 5.77. The lowest BCUT2D eigenvalue weighted by atomic mass is 9.66. The van der Waals surface area contributed by atoms with Crippen molar-refractivity contribution in [3.8, 4) is 22.8 Å². The van der Waals surface area contributed by atoms with Crippen LogP contribution in [0.2, 0.25) is 0 Å². The molecule has 3 heterocycles. The maximum Gasteiger partial charge on any atom is 0.248 e. The van der Waals surface area contributed by atoms with Gasteiger partial charge < -0.3 is 14.8 Å². The summed E-state index contributed by atoms with van der Waals surface area (Å²) in [5, 5.41) is 20.8. The number of fused-ring (bicyclic) bond motifs is 5. The molecular weight excluding hydrogens is 506 g/mol. The number of carbonyl (C=O) groups is 1. The molecule has 3 aromatic heterocycles. The molecule has 200 valence electrons. The van der Waals surface area contributed by atoms with Crippen LogP contribution in [0.25, 0.3) is 22.8 Å². The fourth-order valence-corrected chi connectivity index (χ4v) is 6.26. The number of aliphatic hydroxyl groups is 1. The molecular formula is C28H26F2N6O3. The lowest BCUT2D eigenvalue weighted by molar-refractivity contribution is -0.128. The van der Waals surface area contributed by atoms with Crippen molar-refractivity contribution in [1.29, 1.82) is 0 Å². The number of nitrogens with one attached hydrogen (secondary N) is 1. The Labute approximate surface area is 222 Å². The van der Waals surface area contributed by atoms with Crippen LogP contribution < -0.4 is 5.32 Å². The summed E-state index contributed by atoms with van der Waals surface area (Å²) in [4.78, 5) is 25.4. The maximum absolute atomic E-state index is 14.5. The Balaban J connectivity index is 1.38. The molecule has 1 fully saturated rings. The molecule has 2 bridgehead atoms. The largest absolute Gasteiger partial charge is 0.443 e. The zero-order valence-electron chi connectivity index (χ0n) is 21.6. The van der Waals surface area contributed by atoms with Crippen molar-refractivity contribution in [3.05, 3.63) is 77.2 Å². The summed E-state index contributed by atoms with van der Waals surface area (Å²) in [5.41, 5.74) is 2.27. The van der Waals surface area contributed by atoms with Gasteiger partial charge >= 0.3 is 0 Å². The van der Waals surface area contributed by atoms with Crippen molar-refractivity contribution in [2.45, 2.75) is 57.6 Å². The first-order valence-corrected chi connectivity index (χ1v) is 12.7. The molecule has 0 spiro atoms. The lowest BCUT2D eigenvalue weighted by Crippen LogP contribution is -2.38. The van der Waals surface area contributed by atoms with E-state index in [0.29, 0.717) is 17.1 Å². The number of nitrogens with zero attached hydrogens (tertiary/aromatic N) is 5. The minimum absolute atomic E-state index is 0.0902. The summed E-state index contributed by atoms with van der Waals surface area (Å²) in [6, 6.07) is 5.50. The van der Waals surface area contributed by atoms with E-state index in [2.05, 4.69) is 39.3 Å². The Hall–Kier alpha value is -4.12. The van der Waals surface area contributed by atoms with Gasteiger partial charge in [0.1, 0.15) is 29.7 Å². The molecule has 3 atom stereocenters. The van der Waals surface area contributed by atoms with Crippen molar-refractivity contribution >= 4 is 5.91 Å². The van der Waals surface area contributed by atoms with Crippen molar-refractivity contribution < 1.29 is 23.1 Å². The monoisotopic (exact) mass is 532 g/mol. The number of hydrogen-bond acceptors (Lipinski definition) is 8. The Morgan fingerprint density at radius 3 is 2.69 bits per heavy atom. The molecule has 9 nitrogen and oxygen atoms in total. The number of oxazole rings is 1. The lowest BCUT2D eigenvalue weighted by Gasteiger charge is -2.37. The zero-order valence-corrected chi connectivity index (χ0v) is 21.6. The van der Waals surface area contributed by atoms with Gasteiger partial charge in [0, 0.05) is 6.20 Å². The van der Waals surface area contributed by atoms with Gasteiger partial charge in [-0.05, 0) is 54.9 Å². The second kappa shape index (κ2) is 8.98. The Kier molecular flexibility index (Phi) is 5.79. The van der Waals surface area contributed by atoms with Gasteiger partial charge in [-0.25, -0.2) is 18.7 Å². The summed E-state index contributed by atoms with van der Waals surface area (Å²) < 4.78 is 34.7. The number of benzene rings is 1. The van der Waals surface area contributed by atoms with Crippen molar-refractivity contribution in [2.75, 3.05) is 0 Å². The topological polar surface area (TPSA) is 127 Å². The third-order valence-corrected chi connectivity index (χ3v) is 8.27. The molecule has 4 aromatic rings. The van der Waals surface area contributed by atoms with Gasteiger partial charge in [0.05, 0.1) is 46.5 Å². The van der Waals surface area contributed by atoms with E-state index in [4.69, 9.17) is 9.40 Å². The molecule has 1 saturated carbocycles. The average Bonchev–Trinajstić information content (AvgIpc) is 3.55. The maximum atomic E-state index is 14.5. The predicted molar refractivity (Wildman–Crippen MR) is 135 cm³/mol. The molecule has 0 radical (unpaired) electrons. The van der Waals surface area contributed by atoms with Crippen LogP contribution in [0, 0.1) is 17.0 Å². The molecule has 2 N–H and O–H groups in total. The fraction of sp³-hybridized carbons (Fsp3) is 0.357.